The van der Waals surface area contributed by atoms with E-state index in [4.69, 9.17) is 0 Å². The van der Waals surface area contributed by atoms with Crippen LogP contribution in [0.25, 0.3) is 0 Å². The smallest absolute Gasteiger partial charge is 0.212 e. The summed E-state index contributed by atoms with van der Waals surface area (Å²) < 4.78 is 27.9. The highest BCUT2D eigenvalue weighted by atomic mass is 32.2. The molecule has 0 spiro atoms. The fraction of sp³-hybridized carbons (Fsp3) is 0.333. The lowest BCUT2D eigenvalue weighted by molar-refractivity contribution is 0.300. The van der Waals surface area contributed by atoms with Crippen molar-refractivity contribution in [2.24, 2.45) is 0 Å². The Labute approximate surface area is 119 Å². The molecule has 0 saturated carbocycles. The van der Waals surface area contributed by atoms with Gasteiger partial charge >= 0.3 is 0 Å². The summed E-state index contributed by atoms with van der Waals surface area (Å²) in [7, 11) is -3.23. The van der Waals surface area contributed by atoms with Crippen molar-refractivity contribution in [2.75, 3.05) is 12.8 Å². The molecule has 4 nitrogen and oxygen atoms in total. The Kier molecular flexibility index (Phi) is 3.18. The van der Waals surface area contributed by atoms with Crippen LogP contribution in [0.5, 0.6) is 0 Å². The highest BCUT2D eigenvalue weighted by Crippen LogP contribution is 2.33. The third kappa shape index (κ3) is 2.27. The Bertz CT molecular complexity index is 717. The van der Waals surface area contributed by atoms with Crippen molar-refractivity contribution in [3.05, 3.63) is 59.4 Å². The number of aryl methyl sites for hydroxylation is 1. The number of sulfonamides is 1. The third-order valence-corrected chi connectivity index (χ3v) is 5.06. The molecule has 0 aliphatic carbocycles. The summed E-state index contributed by atoms with van der Waals surface area (Å²) in [5.74, 6) is 0. The zero-order chi connectivity index (χ0) is 14.3. The largest absolute Gasteiger partial charge is 0.348 e. The van der Waals surface area contributed by atoms with Crippen LogP contribution in [0.15, 0.2) is 42.6 Å². The second-order valence-corrected chi connectivity index (χ2v) is 7.25. The number of nitrogens with zero attached hydrogens (tertiary/aromatic N) is 2. The molecule has 1 unspecified atom stereocenters. The van der Waals surface area contributed by atoms with Crippen molar-refractivity contribution in [3.8, 4) is 0 Å². The SMILES string of the molecule is Cc1ccc(C2c3cccn3CCN2S(C)(=O)=O)cc1. The zero-order valence-corrected chi connectivity index (χ0v) is 12.5. The van der Waals surface area contributed by atoms with E-state index in [1.54, 1.807) is 4.31 Å². The molecular weight excluding hydrogens is 272 g/mol. The van der Waals surface area contributed by atoms with Crippen molar-refractivity contribution >= 4 is 10.0 Å². The summed E-state index contributed by atoms with van der Waals surface area (Å²) in [6.07, 6.45) is 3.29. The van der Waals surface area contributed by atoms with Gasteiger partial charge in [-0.25, -0.2) is 8.42 Å². The maximum absolute atomic E-state index is 12.1. The summed E-state index contributed by atoms with van der Waals surface area (Å²) in [5, 5.41) is 0. The summed E-state index contributed by atoms with van der Waals surface area (Å²) in [5.41, 5.74) is 3.22. The van der Waals surface area contributed by atoms with Gasteiger partial charge < -0.3 is 4.57 Å². The fourth-order valence-electron chi connectivity index (χ4n) is 2.81. The first-order valence-corrected chi connectivity index (χ1v) is 8.50. The second kappa shape index (κ2) is 4.75. The molecule has 0 radical (unpaired) electrons. The Morgan fingerprint density at radius 3 is 2.45 bits per heavy atom. The number of hydrogen-bond donors (Lipinski definition) is 0. The standard InChI is InChI=1S/C15H18N2O2S/c1-12-5-7-13(8-6-12)15-14-4-3-9-16(14)10-11-17(15)20(2,18)19/h3-9,15H,10-11H2,1-2H3. The molecule has 0 fully saturated rings. The molecule has 0 saturated heterocycles. The Morgan fingerprint density at radius 2 is 1.80 bits per heavy atom. The van der Waals surface area contributed by atoms with E-state index in [1.807, 2.05) is 49.5 Å². The van der Waals surface area contributed by atoms with Crippen molar-refractivity contribution < 1.29 is 8.42 Å². The van der Waals surface area contributed by atoms with Crippen molar-refractivity contribution in [3.63, 3.8) is 0 Å². The van der Waals surface area contributed by atoms with Gasteiger partial charge in [-0.05, 0) is 24.6 Å². The zero-order valence-electron chi connectivity index (χ0n) is 11.7. The van der Waals surface area contributed by atoms with Crippen LogP contribution in [0, 0.1) is 6.92 Å². The number of hydrogen-bond acceptors (Lipinski definition) is 2. The minimum Gasteiger partial charge on any atom is -0.348 e. The molecule has 106 valence electrons. The molecule has 5 heteroatoms. The molecule has 20 heavy (non-hydrogen) atoms. The molecule has 2 aromatic rings. The van der Waals surface area contributed by atoms with Crippen LogP contribution in [0.1, 0.15) is 22.9 Å². The van der Waals surface area contributed by atoms with E-state index in [0.29, 0.717) is 13.1 Å². The fourth-order valence-corrected chi connectivity index (χ4v) is 3.83. The monoisotopic (exact) mass is 290 g/mol. The van der Waals surface area contributed by atoms with Crippen molar-refractivity contribution in [1.29, 1.82) is 0 Å². The van der Waals surface area contributed by atoms with E-state index in [-0.39, 0.29) is 6.04 Å². The Balaban J connectivity index is 2.14. The van der Waals surface area contributed by atoms with Gasteiger partial charge in [-0.1, -0.05) is 29.8 Å². The molecular formula is C15H18N2O2S. The molecule has 0 amide bonds. The van der Waals surface area contributed by atoms with Gasteiger partial charge in [0.25, 0.3) is 0 Å². The average molecular weight is 290 g/mol. The van der Waals surface area contributed by atoms with Gasteiger partial charge in [-0.3, -0.25) is 0 Å². The van der Waals surface area contributed by atoms with Gasteiger partial charge in [-0.15, -0.1) is 0 Å². The minimum absolute atomic E-state index is 0.227. The van der Waals surface area contributed by atoms with Crippen LogP contribution in [-0.2, 0) is 16.6 Å². The van der Waals surface area contributed by atoms with E-state index in [0.717, 1.165) is 11.3 Å². The lowest BCUT2D eigenvalue weighted by Gasteiger charge is -2.35. The van der Waals surface area contributed by atoms with E-state index in [1.165, 1.54) is 11.8 Å². The summed E-state index contributed by atoms with van der Waals surface area (Å²) in [6, 6.07) is 11.8. The molecule has 1 aromatic carbocycles. The number of rotatable bonds is 2. The van der Waals surface area contributed by atoms with Crippen LogP contribution in [0.3, 0.4) is 0 Å². The molecule has 1 aliphatic heterocycles. The van der Waals surface area contributed by atoms with Crippen molar-refractivity contribution in [1.82, 2.24) is 8.87 Å². The van der Waals surface area contributed by atoms with Gasteiger partial charge in [0.05, 0.1) is 12.3 Å². The van der Waals surface area contributed by atoms with Gasteiger partial charge in [-0.2, -0.15) is 4.31 Å². The molecule has 2 heterocycles. The van der Waals surface area contributed by atoms with Crippen LogP contribution in [-0.4, -0.2) is 30.1 Å². The topological polar surface area (TPSA) is 42.3 Å². The highest BCUT2D eigenvalue weighted by Gasteiger charge is 2.34. The maximum Gasteiger partial charge on any atom is 0.212 e. The molecule has 1 atom stereocenters. The maximum atomic E-state index is 12.1. The lowest BCUT2D eigenvalue weighted by Crippen LogP contribution is -2.41. The van der Waals surface area contributed by atoms with E-state index in [2.05, 4.69) is 4.57 Å². The molecule has 3 rings (SSSR count). The summed E-state index contributed by atoms with van der Waals surface area (Å²) >= 11 is 0. The minimum atomic E-state index is -3.23. The first-order valence-electron chi connectivity index (χ1n) is 6.65. The second-order valence-electron chi connectivity index (χ2n) is 5.31. The van der Waals surface area contributed by atoms with Crippen LogP contribution in [0.2, 0.25) is 0 Å². The Hall–Kier alpha value is -1.59. The average Bonchev–Trinajstić information content (AvgIpc) is 2.85. The quantitative estimate of drug-likeness (QED) is 0.850. The number of aromatic nitrogens is 1. The van der Waals surface area contributed by atoms with Crippen LogP contribution in [0.4, 0.5) is 0 Å². The first-order chi connectivity index (χ1) is 9.47. The summed E-state index contributed by atoms with van der Waals surface area (Å²) in [6.45, 7) is 3.25. The normalized spacial score (nSPS) is 19.8. The van der Waals surface area contributed by atoms with Crippen LogP contribution < -0.4 is 0 Å². The molecule has 1 aliphatic rings. The van der Waals surface area contributed by atoms with Gasteiger partial charge in [0.15, 0.2) is 0 Å². The lowest BCUT2D eigenvalue weighted by atomic mass is 10.0. The highest BCUT2D eigenvalue weighted by molar-refractivity contribution is 7.88. The predicted octanol–water partition coefficient (Wildman–Crippen LogP) is 2.16. The van der Waals surface area contributed by atoms with Gasteiger partial charge in [0.1, 0.15) is 0 Å². The van der Waals surface area contributed by atoms with E-state index >= 15 is 0 Å². The molecule has 0 N–H and O–H groups in total. The first kappa shape index (κ1) is 13.4. The molecule has 1 aromatic heterocycles. The summed E-state index contributed by atoms with van der Waals surface area (Å²) in [4.78, 5) is 0. The number of benzene rings is 1. The van der Waals surface area contributed by atoms with Crippen LogP contribution >= 0.6 is 0 Å². The van der Waals surface area contributed by atoms with Crippen molar-refractivity contribution in [2.45, 2.75) is 19.5 Å². The predicted molar refractivity (Wildman–Crippen MR) is 79.0 cm³/mol. The van der Waals surface area contributed by atoms with Gasteiger partial charge in [0, 0.05) is 25.0 Å². The van der Waals surface area contributed by atoms with Gasteiger partial charge in [0.2, 0.25) is 10.0 Å². The van der Waals surface area contributed by atoms with E-state index < -0.39 is 10.0 Å². The number of fused-ring (bicyclic) bond motifs is 1. The Morgan fingerprint density at radius 1 is 1.10 bits per heavy atom. The molecule has 0 bridgehead atoms. The van der Waals surface area contributed by atoms with E-state index in [9.17, 15) is 8.42 Å². The third-order valence-electron chi connectivity index (χ3n) is 3.81.